The van der Waals surface area contributed by atoms with Crippen LogP contribution >= 0.6 is 0 Å². The van der Waals surface area contributed by atoms with Crippen molar-refractivity contribution >= 4 is 11.9 Å². The molecule has 1 fully saturated rings. The Hall–Kier alpha value is -1.06. The van der Waals surface area contributed by atoms with Crippen molar-refractivity contribution in [3.63, 3.8) is 0 Å². The first-order valence-electron chi connectivity index (χ1n) is 3.98. The first kappa shape index (κ1) is 9.03. The van der Waals surface area contributed by atoms with Gasteiger partial charge < -0.3 is 10.0 Å². The molecule has 68 valence electrons. The van der Waals surface area contributed by atoms with Gasteiger partial charge in [0, 0.05) is 13.5 Å². The summed E-state index contributed by atoms with van der Waals surface area (Å²) in [4.78, 5) is 23.3. The van der Waals surface area contributed by atoms with E-state index in [9.17, 15) is 9.59 Å². The summed E-state index contributed by atoms with van der Waals surface area (Å²) < 4.78 is 0. The molecule has 1 rings (SSSR count). The highest BCUT2D eigenvalue weighted by Gasteiger charge is 2.42. The smallest absolute Gasteiger partial charge is 0.329 e. The molecule has 0 aromatic carbocycles. The number of rotatable bonds is 1. The van der Waals surface area contributed by atoms with E-state index in [-0.39, 0.29) is 5.91 Å². The number of carboxylic acid groups (broad SMARTS) is 1. The van der Waals surface area contributed by atoms with Crippen molar-refractivity contribution in [2.24, 2.45) is 0 Å². The van der Waals surface area contributed by atoms with Gasteiger partial charge in [-0.15, -0.1) is 0 Å². The van der Waals surface area contributed by atoms with Gasteiger partial charge in [-0.1, -0.05) is 0 Å². The molecule has 4 heteroatoms. The summed E-state index contributed by atoms with van der Waals surface area (Å²) in [6, 6.07) is 0. The number of aliphatic carboxylic acids is 1. The van der Waals surface area contributed by atoms with Crippen LogP contribution in [0.5, 0.6) is 0 Å². The van der Waals surface area contributed by atoms with Crippen LogP contribution in [0.3, 0.4) is 0 Å². The SMILES string of the molecule is CN1C(=O)CCCC1(C)C(=O)O. The molecule has 1 saturated heterocycles. The lowest BCUT2D eigenvalue weighted by atomic mass is 9.89. The van der Waals surface area contributed by atoms with Crippen LogP contribution in [0.4, 0.5) is 0 Å². The van der Waals surface area contributed by atoms with Gasteiger partial charge in [0.15, 0.2) is 0 Å². The maximum Gasteiger partial charge on any atom is 0.329 e. The molecular weight excluding hydrogens is 158 g/mol. The molecule has 4 nitrogen and oxygen atoms in total. The molecule has 1 atom stereocenters. The molecular formula is C8H13NO3. The Kier molecular flexibility index (Phi) is 2.08. The van der Waals surface area contributed by atoms with Crippen molar-refractivity contribution < 1.29 is 14.7 Å². The predicted molar refractivity (Wildman–Crippen MR) is 42.7 cm³/mol. The van der Waals surface area contributed by atoms with Crippen molar-refractivity contribution in [3.8, 4) is 0 Å². The average molecular weight is 171 g/mol. The summed E-state index contributed by atoms with van der Waals surface area (Å²) in [6.07, 6.45) is 1.69. The Morgan fingerprint density at radius 2 is 2.25 bits per heavy atom. The predicted octanol–water partition coefficient (Wildman–Crippen LogP) is 0.472. The van der Waals surface area contributed by atoms with Gasteiger partial charge in [-0.25, -0.2) is 4.79 Å². The average Bonchev–Trinajstić information content (AvgIpc) is 2.00. The Morgan fingerprint density at radius 3 is 2.67 bits per heavy atom. The fourth-order valence-corrected chi connectivity index (χ4v) is 1.44. The van der Waals surface area contributed by atoms with Crippen LogP contribution in [0, 0.1) is 0 Å². The van der Waals surface area contributed by atoms with Gasteiger partial charge in [-0.2, -0.15) is 0 Å². The summed E-state index contributed by atoms with van der Waals surface area (Å²) in [7, 11) is 1.55. The number of carbonyl (C=O) groups excluding carboxylic acids is 1. The van der Waals surface area contributed by atoms with Crippen LogP contribution in [0.15, 0.2) is 0 Å². The topological polar surface area (TPSA) is 57.6 Å². The highest BCUT2D eigenvalue weighted by Crippen LogP contribution is 2.27. The number of carboxylic acids is 1. The van der Waals surface area contributed by atoms with Crippen LogP contribution in [-0.2, 0) is 9.59 Å². The number of piperidine rings is 1. The number of likely N-dealkylation sites (tertiary alicyclic amines) is 1. The zero-order valence-electron chi connectivity index (χ0n) is 7.33. The van der Waals surface area contributed by atoms with E-state index in [0.717, 1.165) is 0 Å². The number of hydrogen-bond acceptors (Lipinski definition) is 2. The third kappa shape index (κ3) is 1.17. The van der Waals surface area contributed by atoms with Gasteiger partial charge in [0.2, 0.25) is 5.91 Å². The minimum atomic E-state index is -0.991. The van der Waals surface area contributed by atoms with Crippen LogP contribution in [0.1, 0.15) is 26.2 Å². The first-order valence-corrected chi connectivity index (χ1v) is 3.98. The number of likely N-dealkylation sites (N-methyl/N-ethyl adjacent to an activating group) is 1. The minimum Gasteiger partial charge on any atom is -0.480 e. The number of amides is 1. The Bertz CT molecular complexity index is 224. The summed E-state index contributed by atoms with van der Waals surface area (Å²) >= 11 is 0. The normalized spacial score (nSPS) is 30.5. The van der Waals surface area contributed by atoms with Crippen LogP contribution < -0.4 is 0 Å². The van der Waals surface area contributed by atoms with Crippen molar-refractivity contribution in [3.05, 3.63) is 0 Å². The maximum absolute atomic E-state index is 11.2. The second kappa shape index (κ2) is 2.77. The van der Waals surface area contributed by atoms with Crippen molar-refractivity contribution in [1.82, 2.24) is 4.90 Å². The molecule has 1 aliphatic rings. The molecule has 1 amide bonds. The van der Waals surface area contributed by atoms with Gasteiger partial charge in [-0.3, -0.25) is 4.79 Å². The molecule has 1 heterocycles. The van der Waals surface area contributed by atoms with E-state index >= 15 is 0 Å². The lowest BCUT2D eigenvalue weighted by Crippen LogP contribution is -2.55. The van der Waals surface area contributed by atoms with Gasteiger partial charge in [0.1, 0.15) is 5.54 Å². The van der Waals surface area contributed by atoms with Gasteiger partial charge in [-0.05, 0) is 19.8 Å². The number of carbonyl (C=O) groups is 2. The summed E-state index contributed by atoms with van der Waals surface area (Å²) in [5.74, 6) is -0.996. The lowest BCUT2D eigenvalue weighted by Gasteiger charge is -2.38. The quantitative estimate of drug-likeness (QED) is 0.624. The molecule has 0 spiro atoms. The molecule has 0 aromatic rings. The Labute approximate surface area is 71.2 Å². The maximum atomic E-state index is 11.2. The Balaban J connectivity index is 2.88. The van der Waals surface area contributed by atoms with E-state index in [4.69, 9.17) is 5.11 Å². The third-order valence-electron chi connectivity index (χ3n) is 2.63. The number of nitrogens with zero attached hydrogens (tertiary/aromatic N) is 1. The third-order valence-corrected chi connectivity index (χ3v) is 2.63. The molecule has 1 unspecified atom stereocenters. The zero-order chi connectivity index (χ0) is 9.35. The van der Waals surface area contributed by atoms with Gasteiger partial charge >= 0.3 is 5.97 Å². The fourth-order valence-electron chi connectivity index (χ4n) is 1.44. The molecule has 1 aliphatic heterocycles. The largest absolute Gasteiger partial charge is 0.480 e. The molecule has 0 aromatic heterocycles. The van der Waals surface area contributed by atoms with E-state index in [1.54, 1.807) is 14.0 Å². The molecule has 1 N–H and O–H groups in total. The summed E-state index contributed by atoms with van der Waals surface area (Å²) in [5, 5.41) is 8.89. The fraction of sp³-hybridized carbons (Fsp3) is 0.750. The van der Waals surface area contributed by atoms with Crippen molar-refractivity contribution in [1.29, 1.82) is 0 Å². The highest BCUT2D eigenvalue weighted by atomic mass is 16.4. The number of hydrogen-bond donors (Lipinski definition) is 1. The van der Waals surface area contributed by atoms with Crippen molar-refractivity contribution in [2.45, 2.75) is 31.7 Å². The summed E-state index contributed by atoms with van der Waals surface area (Å²) in [6.45, 7) is 1.59. The summed E-state index contributed by atoms with van der Waals surface area (Å²) in [5.41, 5.74) is -0.991. The van der Waals surface area contributed by atoms with E-state index in [2.05, 4.69) is 0 Å². The van der Waals surface area contributed by atoms with Crippen molar-refractivity contribution in [2.75, 3.05) is 7.05 Å². The van der Waals surface area contributed by atoms with Crippen LogP contribution in [-0.4, -0.2) is 34.5 Å². The second-order valence-electron chi connectivity index (χ2n) is 3.39. The van der Waals surface area contributed by atoms with E-state index in [1.165, 1.54) is 4.90 Å². The molecule has 0 saturated carbocycles. The van der Waals surface area contributed by atoms with E-state index < -0.39 is 11.5 Å². The van der Waals surface area contributed by atoms with Gasteiger partial charge in [0.05, 0.1) is 0 Å². The first-order chi connectivity index (χ1) is 5.48. The molecule has 0 aliphatic carbocycles. The molecule has 0 bridgehead atoms. The zero-order valence-corrected chi connectivity index (χ0v) is 7.33. The van der Waals surface area contributed by atoms with E-state index in [0.29, 0.717) is 19.3 Å². The van der Waals surface area contributed by atoms with E-state index in [1.807, 2.05) is 0 Å². The Morgan fingerprint density at radius 1 is 1.67 bits per heavy atom. The molecule has 0 radical (unpaired) electrons. The monoisotopic (exact) mass is 171 g/mol. The minimum absolute atomic E-state index is 0.0776. The highest BCUT2D eigenvalue weighted by molar-refractivity contribution is 5.87. The molecule has 12 heavy (non-hydrogen) atoms. The van der Waals surface area contributed by atoms with Crippen LogP contribution in [0.25, 0.3) is 0 Å². The second-order valence-corrected chi connectivity index (χ2v) is 3.39. The van der Waals surface area contributed by atoms with Crippen LogP contribution in [0.2, 0.25) is 0 Å². The standard InChI is InChI=1S/C8H13NO3/c1-8(7(11)12)5-3-4-6(10)9(8)2/h3-5H2,1-2H3,(H,11,12). The lowest BCUT2D eigenvalue weighted by molar-refractivity contribution is -0.160. The van der Waals surface area contributed by atoms with Gasteiger partial charge in [0.25, 0.3) is 0 Å².